The molecule has 174 valence electrons. The average Bonchev–Trinajstić information content (AvgIpc) is 2.85. The van der Waals surface area contributed by atoms with E-state index in [0.29, 0.717) is 27.9 Å². The molecule has 0 saturated carbocycles. The first-order valence-electron chi connectivity index (χ1n) is 10.6. The fourth-order valence-electron chi connectivity index (χ4n) is 3.58. The number of allylic oxidation sites excluding steroid dienone is 1. The zero-order valence-electron chi connectivity index (χ0n) is 18.7. The molecule has 0 spiro atoms. The lowest BCUT2D eigenvalue weighted by molar-refractivity contribution is -0.138. The Morgan fingerprint density at radius 3 is 2.59 bits per heavy atom. The second kappa shape index (κ2) is 12.2. The normalized spacial score (nSPS) is 17.4. The van der Waals surface area contributed by atoms with E-state index in [2.05, 4.69) is 23.0 Å². The molecule has 6 nitrogen and oxygen atoms in total. The monoisotopic (exact) mass is 493 g/mol. The number of benzene rings is 2. The Kier molecular flexibility index (Phi) is 9.08. The minimum Gasteiger partial charge on any atom is -0.458 e. The molecule has 1 unspecified atom stereocenters. The van der Waals surface area contributed by atoms with Gasteiger partial charge >= 0.3 is 5.97 Å². The van der Waals surface area contributed by atoms with Crippen molar-refractivity contribution in [1.29, 1.82) is 5.26 Å². The zero-order valence-corrected chi connectivity index (χ0v) is 20.2. The van der Waals surface area contributed by atoms with E-state index in [0.717, 1.165) is 11.1 Å². The van der Waals surface area contributed by atoms with Crippen LogP contribution in [0.25, 0.3) is 0 Å². The maximum Gasteiger partial charge on any atom is 0.336 e. The third kappa shape index (κ3) is 6.37. The van der Waals surface area contributed by atoms with Crippen LogP contribution in [0.15, 0.2) is 83.5 Å². The molecule has 0 bridgehead atoms. The molecule has 0 aliphatic carbocycles. The lowest BCUT2D eigenvalue weighted by Crippen LogP contribution is -2.31. The summed E-state index contributed by atoms with van der Waals surface area (Å²) in [5.41, 5.74) is 2.50. The summed E-state index contributed by atoms with van der Waals surface area (Å²) in [5, 5.41) is 14.0. The third-order valence-corrected chi connectivity index (χ3v) is 6.48. The fourth-order valence-corrected chi connectivity index (χ4v) is 4.66. The van der Waals surface area contributed by atoms with Crippen LogP contribution in [0, 0.1) is 17.2 Å². The van der Waals surface area contributed by atoms with Crippen LogP contribution >= 0.6 is 23.4 Å². The Balaban J connectivity index is 1.83. The largest absolute Gasteiger partial charge is 0.458 e. The van der Waals surface area contributed by atoms with Crippen molar-refractivity contribution in [2.45, 2.75) is 19.4 Å². The number of carbonyl (C=O) groups is 2. The number of nitriles is 1. The molecule has 2 atom stereocenters. The maximum absolute atomic E-state index is 12.9. The molecule has 8 heteroatoms. The Bertz CT molecular complexity index is 1150. The van der Waals surface area contributed by atoms with Gasteiger partial charge in [0.25, 0.3) is 0 Å². The molecule has 1 heterocycles. The molecular formula is C26H24ClN3O3S. The van der Waals surface area contributed by atoms with E-state index in [1.807, 2.05) is 30.3 Å². The quantitative estimate of drug-likeness (QED) is 0.411. The maximum atomic E-state index is 12.9. The topological polar surface area (TPSA) is 91.5 Å². The molecule has 2 aromatic rings. The highest BCUT2D eigenvalue weighted by atomic mass is 35.5. The third-order valence-electron chi connectivity index (χ3n) is 5.18. The molecule has 1 N–H and O–H groups in total. The molecule has 2 aromatic carbocycles. The van der Waals surface area contributed by atoms with Crippen LogP contribution in [0.5, 0.6) is 0 Å². The molecule has 0 aromatic heterocycles. The Labute approximate surface area is 208 Å². The summed E-state index contributed by atoms with van der Waals surface area (Å²) in [7, 11) is 0. The number of rotatable bonds is 8. The highest BCUT2D eigenvalue weighted by Gasteiger charge is 2.39. The Hall–Kier alpha value is -3.34. The van der Waals surface area contributed by atoms with Crippen LogP contribution in [0.1, 0.15) is 24.0 Å². The number of hydrogen-bond donors (Lipinski definition) is 1. The van der Waals surface area contributed by atoms with Gasteiger partial charge in [-0.2, -0.15) is 5.26 Å². The van der Waals surface area contributed by atoms with Crippen LogP contribution in [0.3, 0.4) is 0 Å². The Morgan fingerprint density at radius 2 is 1.94 bits per heavy atom. The second-order valence-corrected chi connectivity index (χ2v) is 8.96. The number of nitrogens with one attached hydrogen (secondary N) is 1. The van der Waals surface area contributed by atoms with Gasteiger partial charge in [0.05, 0.1) is 22.4 Å². The van der Waals surface area contributed by atoms with E-state index in [9.17, 15) is 14.9 Å². The predicted octanol–water partition coefficient (Wildman–Crippen LogP) is 5.03. The van der Waals surface area contributed by atoms with Gasteiger partial charge < -0.3 is 10.1 Å². The minimum absolute atomic E-state index is 0.0487. The smallest absolute Gasteiger partial charge is 0.336 e. The SMILES string of the molecule is C=CCOC(=O)C1=C(C)N=C(SCC(=O)NCc2ccccc2)C(C#N)[C@H]1c1ccc(Cl)cc1. The van der Waals surface area contributed by atoms with Crippen LogP contribution < -0.4 is 5.32 Å². The first-order chi connectivity index (χ1) is 16.4. The van der Waals surface area contributed by atoms with Gasteiger partial charge in [-0.15, -0.1) is 0 Å². The van der Waals surface area contributed by atoms with Gasteiger partial charge in [0, 0.05) is 23.2 Å². The molecule has 0 radical (unpaired) electrons. The highest BCUT2D eigenvalue weighted by molar-refractivity contribution is 8.14. The molecule has 1 amide bonds. The number of nitrogens with zero attached hydrogens (tertiary/aromatic N) is 2. The number of thioether (sulfide) groups is 1. The van der Waals surface area contributed by atoms with E-state index in [1.54, 1.807) is 31.2 Å². The van der Waals surface area contributed by atoms with Crippen LogP contribution in [0.4, 0.5) is 0 Å². The van der Waals surface area contributed by atoms with Gasteiger partial charge in [-0.3, -0.25) is 4.79 Å². The summed E-state index contributed by atoms with van der Waals surface area (Å²) in [6.07, 6.45) is 1.48. The van der Waals surface area contributed by atoms with E-state index in [1.165, 1.54) is 17.8 Å². The van der Waals surface area contributed by atoms with Crippen LogP contribution in [-0.2, 0) is 20.9 Å². The predicted molar refractivity (Wildman–Crippen MR) is 135 cm³/mol. The van der Waals surface area contributed by atoms with E-state index >= 15 is 0 Å². The van der Waals surface area contributed by atoms with Crippen molar-refractivity contribution in [2.75, 3.05) is 12.4 Å². The zero-order chi connectivity index (χ0) is 24.5. The molecule has 1 aliphatic heterocycles. The number of esters is 1. The lowest BCUT2D eigenvalue weighted by Gasteiger charge is -2.29. The van der Waals surface area contributed by atoms with Crippen molar-refractivity contribution >= 4 is 40.3 Å². The van der Waals surface area contributed by atoms with Crippen LogP contribution in [-0.4, -0.2) is 29.3 Å². The van der Waals surface area contributed by atoms with Gasteiger partial charge in [0.1, 0.15) is 12.5 Å². The summed E-state index contributed by atoms with van der Waals surface area (Å²) < 4.78 is 5.29. The summed E-state index contributed by atoms with van der Waals surface area (Å²) in [6, 6.07) is 18.9. The van der Waals surface area contributed by atoms with Crippen molar-refractivity contribution < 1.29 is 14.3 Å². The molecule has 3 rings (SSSR count). The van der Waals surface area contributed by atoms with Crippen molar-refractivity contribution in [1.82, 2.24) is 5.32 Å². The summed E-state index contributed by atoms with van der Waals surface area (Å²) in [6.45, 7) is 5.74. The molecule has 1 aliphatic rings. The minimum atomic E-state index is -0.761. The number of carbonyl (C=O) groups excluding carboxylic acids is 2. The number of halogens is 1. The van der Waals surface area contributed by atoms with E-state index < -0.39 is 17.8 Å². The van der Waals surface area contributed by atoms with Gasteiger partial charge in [0.15, 0.2) is 0 Å². The lowest BCUT2D eigenvalue weighted by atomic mass is 9.79. The second-order valence-electron chi connectivity index (χ2n) is 7.52. The van der Waals surface area contributed by atoms with E-state index in [4.69, 9.17) is 16.3 Å². The number of ether oxygens (including phenoxy) is 1. The number of aliphatic imine (C=N–C) groups is 1. The molecule has 0 saturated heterocycles. The fraction of sp³-hybridized carbons (Fsp3) is 0.231. The van der Waals surface area contributed by atoms with Gasteiger partial charge in [-0.05, 0) is 30.2 Å². The van der Waals surface area contributed by atoms with Crippen molar-refractivity contribution in [3.63, 3.8) is 0 Å². The standard InChI is InChI=1S/C26H24ClN3O3S/c1-3-13-33-26(32)23-17(2)30-25(21(14-28)24(23)19-9-11-20(27)12-10-19)34-16-22(31)29-15-18-7-5-4-6-8-18/h3-12,21,24H,1,13,15-16H2,2H3,(H,29,31)/t21?,24-/m1/s1. The van der Waals surface area contributed by atoms with Crippen molar-refractivity contribution in [2.24, 2.45) is 10.9 Å². The molecular weight excluding hydrogens is 470 g/mol. The number of amides is 1. The van der Waals surface area contributed by atoms with Crippen molar-refractivity contribution in [3.05, 3.63) is 94.7 Å². The van der Waals surface area contributed by atoms with Gasteiger partial charge in [0.2, 0.25) is 5.91 Å². The molecule has 34 heavy (non-hydrogen) atoms. The van der Waals surface area contributed by atoms with Gasteiger partial charge in [-0.1, -0.05) is 78.5 Å². The van der Waals surface area contributed by atoms with Crippen molar-refractivity contribution in [3.8, 4) is 6.07 Å². The molecule has 0 fully saturated rings. The number of hydrogen-bond acceptors (Lipinski definition) is 6. The summed E-state index contributed by atoms with van der Waals surface area (Å²) in [5.74, 6) is -1.99. The van der Waals surface area contributed by atoms with E-state index in [-0.39, 0.29) is 18.3 Å². The first kappa shape index (κ1) is 25.3. The average molecular weight is 494 g/mol. The summed E-state index contributed by atoms with van der Waals surface area (Å²) >= 11 is 7.25. The van der Waals surface area contributed by atoms with Crippen LogP contribution in [0.2, 0.25) is 5.02 Å². The summed E-state index contributed by atoms with van der Waals surface area (Å²) in [4.78, 5) is 29.8. The Morgan fingerprint density at radius 1 is 1.24 bits per heavy atom. The first-order valence-corrected chi connectivity index (χ1v) is 12.0. The van der Waals surface area contributed by atoms with Gasteiger partial charge in [-0.25, -0.2) is 9.79 Å². The highest BCUT2D eigenvalue weighted by Crippen LogP contribution is 2.41.